The van der Waals surface area contributed by atoms with Gasteiger partial charge in [0.25, 0.3) is 5.91 Å². The molecule has 0 aliphatic rings. The van der Waals surface area contributed by atoms with Crippen molar-refractivity contribution in [3.05, 3.63) is 64.5 Å². The van der Waals surface area contributed by atoms with Crippen LogP contribution in [-0.4, -0.2) is 10.9 Å². The predicted octanol–water partition coefficient (Wildman–Crippen LogP) is 3.47. The Hall–Kier alpha value is -2.30. The molecule has 1 atom stereocenters. The number of hydrogen-bond donors (Lipinski definition) is 1. The Morgan fingerprint density at radius 3 is 2.67 bits per heavy atom. The van der Waals surface area contributed by atoms with Gasteiger partial charge in [0, 0.05) is 6.20 Å². The first-order valence-corrected chi connectivity index (χ1v) is 6.58. The largest absolute Gasteiger partial charge is 0.345 e. The number of nitrogens with one attached hydrogen (secondary N) is 1. The van der Waals surface area contributed by atoms with E-state index in [-0.39, 0.29) is 11.6 Å². The summed E-state index contributed by atoms with van der Waals surface area (Å²) in [5, 5.41) is 2.68. The minimum Gasteiger partial charge on any atom is -0.345 e. The lowest BCUT2D eigenvalue weighted by Crippen LogP contribution is -2.28. The molecule has 0 bridgehead atoms. The molecular formula is C16H16F2N2O. The molecule has 2 aromatic rings. The van der Waals surface area contributed by atoms with Crippen molar-refractivity contribution < 1.29 is 13.6 Å². The highest BCUT2D eigenvalue weighted by molar-refractivity contribution is 5.94. The fourth-order valence-electron chi connectivity index (χ4n) is 2.17. The number of nitrogens with zero attached hydrogens (tertiary/aromatic N) is 1. The van der Waals surface area contributed by atoms with Crippen LogP contribution in [0.2, 0.25) is 0 Å². The summed E-state index contributed by atoms with van der Waals surface area (Å²) < 4.78 is 26.6. The van der Waals surface area contributed by atoms with Crippen LogP contribution in [-0.2, 0) is 0 Å². The summed E-state index contributed by atoms with van der Waals surface area (Å²) in [5.41, 5.74) is 2.69. The Morgan fingerprint density at radius 1 is 1.24 bits per heavy atom. The molecule has 1 unspecified atom stereocenters. The zero-order chi connectivity index (χ0) is 15.6. The number of aromatic nitrogens is 1. The van der Waals surface area contributed by atoms with Gasteiger partial charge in [-0.25, -0.2) is 9.37 Å². The van der Waals surface area contributed by atoms with Crippen LogP contribution in [0.4, 0.5) is 8.78 Å². The van der Waals surface area contributed by atoms with Crippen LogP contribution in [0.3, 0.4) is 0 Å². The maximum atomic E-state index is 13.6. The Morgan fingerprint density at radius 2 is 1.95 bits per heavy atom. The minimum atomic E-state index is -1.28. The first-order chi connectivity index (χ1) is 9.90. The number of carbonyl (C=O) groups is 1. The number of benzene rings is 1. The van der Waals surface area contributed by atoms with Crippen molar-refractivity contribution in [2.45, 2.75) is 26.8 Å². The third-order valence-electron chi connectivity index (χ3n) is 3.34. The van der Waals surface area contributed by atoms with Crippen LogP contribution in [0, 0.1) is 25.6 Å². The summed E-state index contributed by atoms with van der Waals surface area (Å²) in [7, 11) is 0. The molecule has 1 amide bonds. The molecule has 0 spiro atoms. The van der Waals surface area contributed by atoms with Crippen molar-refractivity contribution in [3.8, 4) is 0 Å². The van der Waals surface area contributed by atoms with Gasteiger partial charge in [-0.05, 0) is 38.0 Å². The smallest absolute Gasteiger partial charge is 0.254 e. The third kappa shape index (κ3) is 3.24. The number of hydrogen-bond acceptors (Lipinski definition) is 2. The van der Waals surface area contributed by atoms with E-state index >= 15 is 0 Å². The van der Waals surface area contributed by atoms with Gasteiger partial charge in [-0.2, -0.15) is 4.39 Å². The lowest BCUT2D eigenvalue weighted by molar-refractivity contribution is 0.0934. The molecule has 0 aliphatic carbocycles. The maximum Gasteiger partial charge on any atom is 0.254 e. The molecule has 0 saturated carbocycles. The van der Waals surface area contributed by atoms with Gasteiger partial charge in [0.2, 0.25) is 5.95 Å². The van der Waals surface area contributed by atoms with Crippen molar-refractivity contribution in [2.24, 2.45) is 0 Å². The average Bonchev–Trinajstić information content (AvgIpc) is 2.44. The number of aryl methyl sites for hydroxylation is 2. The molecule has 0 aliphatic heterocycles. The SMILES string of the molecule is Cc1ccc(C)c(C(C)NC(=O)c2ccnc(F)c2F)c1. The molecule has 110 valence electrons. The monoisotopic (exact) mass is 290 g/mol. The zero-order valence-corrected chi connectivity index (χ0v) is 12.1. The molecule has 1 N–H and O–H groups in total. The van der Waals surface area contributed by atoms with Gasteiger partial charge in [-0.1, -0.05) is 23.8 Å². The number of amides is 1. The summed E-state index contributed by atoms with van der Waals surface area (Å²) in [6.45, 7) is 5.69. The van der Waals surface area contributed by atoms with E-state index in [9.17, 15) is 13.6 Å². The quantitative estimate of drug-likeness (QED) is 0.879. The summed E-state index contributed by atoms with van der Waals surface area (Å²) >= 11 is 0. The van der Waals surface area contributed by atoms with Crippen LogP contribution in [0.5, 0.6) is 0 Å². The second-order valence-corrected chi connectivity index (χ2v) is 5.02. The van der Waals surface area contributed by atoms with Gasteiger partial charge in [0.15, 0.2) is 5.82 Å². The second kappa shape index (κ2) is 5.99. The van der Waals surface area contributed by atoms with Crippen LogP contribution in [0.1, 0.15) is 40.0 Å². The van der Waals surface area contributed by atoms with Crippen molar-refractivity contribution in [3.63, 3.8) is 0 Å². The van der Waals surface area contributed by atoms with Crippen molar-refractivity contribution in [2.75, 3.05) is 0 Å². The lowest BCUT2D eigenvalue weighted by Gasteiger charge is -2.17. The molecule has 2 rings (SSSR count). The standard InChI is InChI=1S/C16H16F2N2O/c1-9-4-5-10(2)13(8-9)11(3)20-16(21)12-6-7-19-15(18)14(12)17/h4-8,11H,1-3H3,(H,20,21). The Bertz CT molecular complexity index is 686. The Balaban J connectivity index is 2.23. The van der Waals surface area contributed by atoms with Crippen molar-refractivity contribution in [1.29, 1.82) is 0 Å². The van der Waals surface area contributed by atoms with Gasteiger partial charge >= 0.3 is 0 Å². The molecule has 1 aromatic heterocycles. The molecule has 3 nitrogen and oxygen atoms in total. The van der Waals surface area contributed by atoms with E-state index in [4.69, 9.17) is 0 Å². The number of carbonyl (C=O) groups excluding carboxylic acids is 1. The van der Waals surface area contributed by atoms with E-state index in [0.29, 0.717) is 0 Å². The normalized spacial score (nSPS) is 12.0. The summed E-state index contributed by atoms with van der Waals surface area (Å²) in [6, 6.07) is 6.74. The van der Waals surface area contributed by atoms with Gasteiger partial charge in [0.05, 0.1) is 11.6 Å². The van der Waals surface area contributed by atoms with E-state index < -0.39 is 17.7 Å². The molecule has 5 heteroatoms. The highest BCUT2D eigenvalue weighted by Crippen LogP contribution is 2.20. The average molecular weight is 290 g/mol. The fourth-order valence-corrected chi connectivity index (χ4v) is 2.17. The van der Waals surface area contributed by atoms with E-state index in [1.165, 1.54) is 0 Å². The second-order valence-electron chi connectivity index (χ2n) is 5.02. The van der Waals surface area contributed by atoms with Crippen molar-refractivity contribution >= 4 is 5.91 Å². The van der Waals surface area contributed by atoms with E-state index in [2.05, 4.69) is 10.3 Å². The van der Waals surface area contributed by atoms with Gasteiger partial charge in [-0.15, -0.1) is 0 Å². The topological polar surface area (TPSA) is 42.0 Å². The van der Waals surface area contributed by atoms with Crippen molar-refractivity contribution in [1.82, 2.24) is 10.3 Å². The van der Waals surface area contributed by atoms with Gasteiger partial charge in [-0.3, -0.25) is 4.79 Å². The summed E-state index contributed by atoms with van der Waals surface area (Å²) in [6.07, 6.45) is 1.07. The fraction of sp³-hybridized carbons (Fsp3) is 0.250. The zero-order valence-electron chi connectivity index (χ0n) is 12.1. The number of pyridine rings is 1. The molecule has 0 fully saturated rings. The minimum absolute atomic E-state index is 0.312. The van der Waals surface area contributed by atoms with Crippen LogP contribution in [0.15, 0.2) is 30.5 Å². The third-order valence-corrected chi connectivity index (χ3v) is 3.34. The first kappa shape index (κ1) is 15.1. The summed E-state index contributed by atoms with van der Waals surface area (Å²) in [4.78, 5) is 15.2. The van der Waals surface area contributed by atoms with E-state index in [0.717, 1.165) is 29.0 Å². The molecule has 0 saturated heterocycles. The van der Waals surface area contributed by atoms with Gasteiger partial charge < -0.3 is 5.32 Å². The molecule has 21 heavy (non-hydrogen) atoms. The highest BCUT2D eigenvalue weighted by atomic mass is 19.2. The summed E-state index contributed by atoms with van der Waals surface area (Å²) in [5.74, 6) is -3.17. The van der Waals surface area contributed by atoms with E-state index in [1.807, 2.05) is 32.0 Å². The first-order valence-electron chi connectivity index (χ1n) is 6.58. The molecule has 1 heterocycles. The lowest BCUT2D eigenvalue weighted by atomic mass is 10.00. The van der Waals surface area contributed by atoms with E-state index in [1.54, 1.807) is 6.92 Å². The Labute approximate surface area is 122 Å². The van der Waals surface area contributed by atoms with Gasteiger partial charge in [0.1, 0.15) is 0 Å². The molecule has 0 radical (unpaired) electrons. The predicted molar refractivity (Wildman–Crippen MR) is 76.0 cm³/mol. The van der Waals surface area contributed by atoms with Crippen LogP contribution in [0.25, 0.3) is 0 Å². The van der Waals surface area contributed by atoms with Crippen LogP contribution < -0.4 is 5.32 Å². The Kier molecular flexibility index (Phi) is 4.31. The molecular weight excluding hydrogens is 274 g/mol. The van der Waals surface area contributed by atoms with Crippen LogP contribution >= 0.6 is 0 Å². The molecule has 1 aromatic carbocycles. The number of halogens is 2. The number of rotatable bonds is 3. The maximum absolute atomic E-state index is 13.6. The highest BCUT2D eigenvalue weighted by Gasteiger charge is 2.19.